The van der Waals surface area contributed by atoms with Crippen molar-refractivity contribution in [2.45, 2.75) is 29.5 Å². The SMILES string of the molecule is [C-]#[N+]c1c(N)nc(SCc2csc(N)n2)c(C#N)c1C1CCOCC1. The summed E-state index contributed by atoms with van der Waals surface area (Å²) in [5.41, 5.74) is 14.0. The molecule has 2 aromatic heterocycles. The maximum Gasteiger partial charge on any atom is 0.232 e. The first kappa shape index (κ1) is 17.5. The van der Waals surface area contributed by atoms with Gasteiger partial charge in [0.05, 0.1) is 17.8 Å². The molecule has 9 heteroatoms. The molecule has 2 aromatic rings. The Bertz CT molecular complexity index is 861. The molecule has 1 fully saturated rings. The van der Waals surface area contributed by atoms with E-state index in [4.69, 9.17) is 22.8 Å². The Morgan fingerprint density at radius 3 is 2.76 bits per heavy atom. The van der Waals surface area contributed by atoms with E-state index in [1.54, 1.807) is 0 Å². The Labute approximate surface area is 153 Å². The molecule has 0 saturated carbocycles. The monoisotopic (exact) mass is 372 g/mol. The second-order valence-corrected chi connectivity index (χ2v) is 7.37. The Morgan fingerprint density at radius 1 is 1.40 bits per heavy atom. The van der Waals surface area contributed by atoms with Gasteiger partial charge in [0, 0.05) is 24.3 Å². The van der Waals surface area contributed by atoms with Gasteiger partial charge in [0.15, 0.2) is 5.13 Å². The van der Waals surface area contributed by atoms with E-state index in [0.29, 0.717) is 45.9 Å². The van der Waals surface area contributed by atoms with Crippen LogP contribution in [-0.2, 0) is 10.5 Å². The van der Waals surface area contributed by atoms with Crippen molar-refractivity contribution in [2.75, 3.05) is 24.7 Å². The summed E-state index contributed by atoms with van der Waals surface area (Å²) in [7, 11) is 0. The number of nitrogens with zero attached hydrogens (tertiary/aromatic N) is 4. The third-order valence-corrected chi connectivity index (χ3v) is 5.71. The van der Waals surface area contributed by atoms with Crippen LogP contribution >= 0.6 is 23.1 Å². The average molecular weight is 372 g/mol. The predicted octanol–water partition coefficient (Wildman–Crippen LogP) is 3.31. The van der Waals surface area contributed by atoms with E-state index in [1.165, 1.54) is 23.1 Å². The van der Waals surface area contributed by atoms with E-state index in [-0.39, 0.29) is 11.7 Å². The van der Waals surface area contributed by atoms with Gasteiger partial charge in [-0.3, -0.25) is 0 Å². The summed E-state index contributed by atoms with van der Waals surface area (Å²) in [6, 6.07) is 2.24. The Balaban J connectivity index is 1.99. The van der Waals surface area contributed by atoms with Crippen LogP contribution in [0, 0.1) is 17.9 Å². The normalized spacial score (nSPS) is 14.8. The molecule has 0 unspecified atom stereocenters. The lowest BCUT2D eigenvalue weighted by Crippen LogP contribution is -2.16. The molecule has 1 saturated heterocycles. The summed E-state index contributed by atoms with van der Waals surface area (Å²) < 4.78 is 5.40. The van der Waals surface area contributed by atoms with Crippen LogP contribution in [0.4, 0.5) is 16.6 Å². The van der Waals surface area contributed by atoms with Gasteiger partial charge in [-0.15, -0.1) is 11.3 Å². The molecule has 0 amide bonds. The van der Waals surface area contributed by atoms with Gasteiger partial charge < -0.3 is 16.2 Å². The van der Waals surface area contributed by atoms with E-state index in [1.807, 2.05) is 5.38 Å². The number of aromatic nitrogens is 2. The van der Waals surface area contributed by atoms with Crippen LogP contribution in [0.15, 0.2) is 10.4 Å². The number of thioether (sulfide) groups is 1. The number of ether oxygens (including phenoxy) is 1. The summed E-state index contributed by atoms with van der Waals surface area (Å²) in [6.07, 6.45) is 1.54. The van der Waals surface area contributed by atoms with Gasteiger partial charge in [-0.1, -0.05) is 11.8 Å². The second-order valence-electron chi connectivity index (χ2n) is 5.52. The van der Waals surface area contributed by atoms with Crippen LogP contribution in [-0.4, -0.2) is 23.2 Å². The summed E-state index contributed by atoms with van der Waals surface area (Å²) in [5.74, 6) is 0.808. The molecule has 0 aliphatic carbocycles. The molecule has 128 valence electrons. The molecule has 7 nitrogen and oxygen atoms in total. The topological polar surface area (TPSA) is 115 Å². The number of hydrogen-bond acceptors (Lipinski definition) is 8. The zero-order valence-corrected chi connectivity index (χ0v) is 15.0. The molecule has 1 aliphatic heterocycles. The second kappa shape index (κ2) is 7.70. The van der Waals surface area contributed by atoms with Crippen molar-refractivity contribution in [2.24, 2.45) is 0 Å². The standard InChI is InChI=1S/C16H16N6OS2/c1-20-13-12(9-2-4-23-5-3-9)11(6-17)15(22-14(13)18)24-7-10-8-25-16(19)21-10/h8-9H,2-5,7H2,(H2,18,22)(H2,19,21). The van der Waals surface area contributed by atoms with Crippen molar-refractivity contribution in [1.82, 2.24) is 9.97 Å². The molecule has 0 spiro atoms. The largest absolute Gasteiger partial charge is 0.392 e. The molecule has 3 rings (SSSR count). The third kappa shape index (κ3) is 3.69. The van der Waals surface area contributed by atoms with Crippen LogP contribution < -0.4 is 11.5 Å². The van der Waals surface area contributed by atoms with Gasteiger partial charge in [0.2, 0.25) is 5.69 Å². The van der Waals surface area contributed by atoms with Crippen molar-refractivity contribution in [1.29, 1.82) is 5.26 Å². The number of nitrogens with two attached hydrogens (primary N) is 2. The van der Waals surface area contributed by atoms with Crippen LogP contribution in [0.1, 0.15) is 35.6 Å². The van der Waals surface area contributed by atoms with Gasteiger partial charge in [-0.05, 0) is 24.3 Å². The van der Waals surface area contributed by atoms with Gasteiger partial charge in [-0.25, -0.2) is 14.8 Å². The number of hydrogen-bond donors (Lipinski definition) is 2. The molecule has 0 aromatic carbocycles. The predicted molar refractivity (Wildman–Crippen MR) is 98.5 cm³/mol. The first-order valence-electron chi connectivity index (χ1n) is 7.65. The quantitative estimate of drug-likeness (QED) is 0.625. The minimum absolute atomic E-state index is 0.0899. The zero-order valence-electron chi connectivity index (χ0n) is 13.4. The molecular weight excluding hydrogens is 356 g/mol. The van der Waals surface area contributed by atoms with Crippen molar-refractivity contribution in [3.8, 4) is 6.07 Å². The zero-order chi connectivity index (χ0) is 17.8. The number of anilines is 2. The smallest absolute Gasteiger partial charge is 0.232 e. The third-order valence-electron chi connectivity index (χ3n) is 3.98. The number of nitrogen functional groups attached to an aromatic ring is 2. The highest BCUT2D eigenvalue weighted by atomic mass is 32.2. The lowest BCUT2D eigenvalue weighted by Gasteiger charge is -2.25. The maximum atomic E-state index is 9.73. The molecule has 3 heterocycles. The first-order chi connectivity index (χ1) is 12.1. The van der Waals surface area contributed by atoms with Crippen molar-refractivity contribution < 1.29 is 4.74 Å². The first-order valence-corrected chi connectivity index (χ1v) is 9.52. The fourth-order valence-electron chi connectivity index (χ4n) is 2.83. The minimum atomic E-state index is 0.0899. The highest BCUT2D eigenvalue weighted by Crippen LogP contribution is 2.42. The Hall–Kier alpha value is -2.33. The van der Waals surface area contributed by atoms with E-state index in [9.17, 15) is 5.26 Å². The Morgan fingerprint density at radius 2 is 2.16 bits per heavy atom. The highest BCUT2D eigenvalue weighted by Gasteiger charge is 2.27. The van der Waals surface area contributed by atoms with Crippen molar-refractivity contribution in [3.05, 3.63) is 33.6 Å². The molecule has 0 bridgehead atoms. The van der Waals surface area contributed by atoms with Crippen molar-refractivity contribution >= 4 is 39.7 Å². The molecule has 0 radical (unpaired) electrons. The van der Waals surface area contributed by atoms with Gasteiger partial charge in [0.25, 0.3) is 0 Å². The van der Waals surface area contributed by atoms with Gasteiger partial charge in [0.1, 0.15) is 16.9 Å². The fourth-order valence-corrected chi connectivity index (χ4v) is 4.40. The van der Waals surface area contributed by atoms with Gasteiger partial charge >= 0.3 is 0 Å². The van der Waals surface area contributed by atoms with Crippen molar-refractivity contribution in [3.63, 3.8) is 0 Å². The lowest BCUT2D eigenvalue weighted by molar-refractivity contribution is 0.0854. The summed E-state index contributed by atoms with van der Waals surface area (Å²) >= 11 is 2.76. The number of rotatable bonds is 4. The van der Waals surface area contributed by atoms with E-state index >= 15 is 0 Å². The Kier molecular flexibility index (Phi) is 5.39. The van der Waals surface area contributed by atoms with Crippen LogP contribution in [0.3, 0.4) is 0 Å². The number of thiazole rings is 1. The maximum absolute atomic E-state index is 9.73. The molecule has 1 aliphatic rings. The molecule has 25 heavy (non-hydrogen) atoms. The summed E-state index contributed by atoms with van der Waals surface area (Å²) in [6.45, 7) is 8.70. The summed E-state index contributed by atoms with van der Waals surface area (Å²) in [4.78, 5) is 12.1. The molecule has 0 atom stereocenters. The lowest BCUT2D eigenvalue weighted by atomic mass is 9.88. The average Bonchev–Trinajstić information content (AvgIpc) is 3.05. The highest BCUT2D eigenvalue weighted by molar-refractivity contribution is 7.98. The van der Waals surface area contributed by atoms with E-state index < -0.39 is 0 Å². The fraction of sp³-hybridized carbons (Fsp3) is 0.375. The number of nitriles is 1. The molecular formula is C16H16N6OS2. The number of pyridine rings is 1. The van der Waals surface area contributed by atoms with E-state index in [0.717, 1.165) is 18.5 Å². The van der Waals surface area contributed by atoms with Gasteiger partial charge in [-0.2, -0.15) is 5.26 Å². The van der Waals surface area contributed by atoms with Crippen LogP contribution in [0.25, 0.3) is 4.85 Å². The van der Waals surface area contributed by atoms with Crippen LogP contribution in [0.5, 0.6) is 0 Å². The van der Waals surface area contributed by atoms with Crippen LogP contribution in [0.2, 0.25) is 0 Å². The van der Waals surface area contributed by atoms with E-state index in [2.05, 4.69) is 20.9 Å². The summed E-state index contributed by atoms with van der Waals surface area (Å²) in [5, 5.41) is 12.7. The molecule has 4 N–H and O–H groups in total. The minimum Gasteiger partial charge on any atom is -0.392 e.